The molecule has 0 N–H and O–H groups in total. The number of carbonyl (C=O) groups excluding carboxylic acids is 2. The minimum absolute atomic E-state index is 0.0598. The number of likely N-dealkylation sites (N-methyl/N-ethyl adjacent to an activating group) is 1. The van der Waals surface area contributed by atoms with Gasteiger partial charge in [0.05, 0.1) is 19.4 Å². The Morgan fingerprint density at radius 2 is 1.82 bits per heavy atom. The minimum Gasteiger partial charge on any atom is -0.364 e. The van der Waals surface area contributed by atoms with Gasteiger partial charge in [0.15, 0.2) is 5.83 Å². The molecule has 0 aromatic heterocycles. The SMILES string of the molecule is C=CC(=O)N1CCN(C(C)C)CC1COCN(C)C/C=C(\F)C(=O)N1CCN(C(C)C)C(C)C1. The second-order valence-electron chi connectivity index (χ2n) is 10.0. The van der Waals surface area contributed by atoms with Crippen LogP contribution in [0.5, 0.6) is 0 Å². The molecule has 2 atom stereocenters. The van der Waals surface area contributed by atoms with Crippen molar-refractivity contribution in [2.45, 2.75) is 58.8 Å². The van der Waals surface area contributed by atoms with Crippen LogP contribution in [0.4, 0.5) is 4.39 Å². The summed E-state index contributed by atoms with van der Waals surface area (Å²) in [6.45, 7) is 19.2. The van der Waals surface area contributed by atoms with Gasteiger partial charge in [0.1, 0.15) is 0 Å². The summed E-state index contributed by atoms with van der Waals surface area (Å²) in [5, 5.41) is 0. The summed E-state index contributed by atoms with van der Waals surface area (Å²) in [6.07, 6.45) is 2.66. The van der Waals surface area contributed by atoms with Crippen molar-refractivity contribution in [3.63, 3.8) is 0 Å². The van der Waals surface area contributed by atoms with Crippen LogP contribution in [0.15, 0.2) is 24.6 Å². The van der Waals surface area contributed by atoms with Crippen molar-refractivity contribution in [3.05, 3.63) is 24.6 Å². The molecule has 2 aliphatic rings. The van der Waals surface area contributed by atoms with Gasteiger partial charge in [-0.25, -0.2) is 4.39 Å². The number of amides is 2. The van der Waals surface area contributed by atoms with Crippen molar-refractivity contribution in [3.8, 4) is 0 Å². The quantitative estimate of drug-likeness (QED) is 0.350. The van der Waals surface area contributed by atoms with E-state index in [4.69, 9.17) is 4.74 Å². The Labute approximate surface area is 205 Å². The lowest BCUT2D eigenvalue weighted by Crippen LogP contribution is -2.58. The number of rotatable bonds is 10. The molecule has 8 nitrogen and oxygen atoms in total. The molecule has 0 aliphatic carbocycles. The largest absolute Gasteiger partial charge is 0.364 e. The third kappa shape index (κ3) is 7.86. The monoisotopic (exact) mass is 481 g/mol. The van der Waals surface area contributed by atoms with E-state index in [0.29, 0.717) is 38.3 Å². The predicted molar refractivity (Wildman–Crippen MR) is 133 cm³/mol. The molecule has 0 aromatic rings. The Balaban J connectivity index is 1.81. The van der Waals surface area contributed by atoms with Crippen LogP contribution in [0.1, 0.15) is 34.6 Å². The highest BCUT2D eigenvalue weighted by Gasteiger charge is 2.31. The van der Waals surface area contributed by atoms with Gasteiger partial charge in [0.25, 0.3) is 5.91 Å². The molecule has 2 heterocycles. The maximum absolute atomic E-state index is 14.6. The summed E-state index contributed by atoms with van der Waals surface area (Å²) in [5.41, 5.74) is 0. The summed E-state index contributed by atoms with van der Waals surface area (Å²) in [6, 6.07) is 0.953. The Morgan fingerprint density at radius 3 is 2.41 bits per heavy atom. The van der Waals surface area contributed by atoms with E-state index in [1.165, 1.54) is 12.2 Å². The van der Waals surface area contributed by atoms with Crippen molar-refractivity contribution in [1.82, 2.24) is 24.5 Å². The van der Waals surface area contributed by atoms with Gasteiger partial charge in [-0.1, -0.05) is 6.58 Å². The minimum atomic E-state index is -0.723. The van der Waals surface area contributed by atoms with E-state index >= 15 is 0 Å². The summed E-state index contributed by atoms with van der Waals surface area (Å²) in [5.74, 6) is -1.35. The molecule has 0 bridgehead atoms. The molecular weight excluding hydrogens is 437 g/mol. The van der Waals surface area contributed by atoms with Crippen LogP contribution in [-0.4, -0.2) is 127 Å². The van der Waals surface area contributed by atoms with Gasteiger partial charge in [-0.2, -0.15) is 0 Å². The van der Waals surface area contributed by atoms with E-state index < -0.39 is 11.7 Å². The Kier molecular flexibility index (Phi) is 11.1. The van der Waals surface area contributed by atoms with E-state index in [0.717, 1.165) is 19.6 Å². The molecule has 2 aliphatic heterocycles. The first-order chi connectivity index (χ1) is 16.0. The Bertz CT molecular complexity index is 729. The molecule has 2 saturated heterocycles. The molecule has 194 valence electrons. The fourth-order valence-corrected chi connectivity index (χ4v) is 4.69. The third-order valence-electron chi connectivity index (χ3n) is 6.74. The first-order valence-electron chi connectivity index (χ1n) is 12.4. The van der Waals surface area contributed by atoms with Gasteiger partial charge in [-0.3, -0.25) is 24.3 Å². The van der Waals surface area contributed by atoms with Crippen molar-refractivity contribution >= 4 is 11.8 Å². The van der Waals surface area contributed by atoms with Crippen LogP contribution in [-0.2, 0) is 14.3 Å². The van der Waals surface area contributed by atoms with Crippen molar-refractivity contribution < 1.29 is 18.7 Å². The first kappa shape index (κ1) is 28.4. The van der Waals surface area contributed by atoms with Gasteiger partial charge in [-0.15, -0.1) is 0 Å². The standard InChI is InChI=1S/C25H44FN5O3/c1-8-24(32)31-14-11-28(19(2)3)16-22(31)17-34-18-27(7)10-9-23(26)25(33)29-12-13-30(20(4)5)21(6)15-29/h8-9,19-22H,1,10-18H2,2-7H3/b23-9-. The van der Waals surface area contributed by atoms with Gasteiger partial charge in [0, 0.05) is 63.9 Å². The Hall–Kier alpha value is -1.81. The molecule has 2 fully saturated rings. The molecule has 0 saturated carbocycles. The second kappa shape index (κ2) is 13.3. The van der Waals surface area contributed by atoms with Gasteiger partial charge in [-0.05, 0) is 53.8 Å². The van der Waals surface area contributed by atoms with Gasteiger partial charge in [0.2, 0.25) is 5.91 Å². The van der Waals surface area contributed by atoms with Crippen LogP contribution in [0.3, 0.4) is 0 Å². The third-order valence-corrected chi connectivity index (χ3v) is 6.74. The lowest BCUT2D eigenvalue weighted by atomic mass is 10.1. The summed E-state index contributed by atoms with van der Waals surface area (Å²) >= 11 is 0. The molecule has 2 amide bonds. The number of halogens is 1. The van der Waals surface area contributed by atoms with Crippen LogP contribution < -0.4 is 0 Å². The predicted octanol–water partition coefficient (Wildman–Crippen LogP) is 1.79. The van der Waals surface area contributed by atoms with Gasteiger partial charge < -0.3 is 14.5 Å². The number of carbonyl (C=O) groups is 2. The van der Waals surface area contributed by atoms with Crippen molar-refractivity contribution in [1.29, 1.82) is 0 Å². The zero-order valence-electron chi connectivity index (χ0n) is 21.9. The number of ether oxygens (including phenoxy) is 1. The number of nitrogens with zero attached hydrogens (tertiary/aromatic N) is 5. The van der Waals surface area contributed by atoms with E-state index in [2.05, 4.69) is 51.0 Å². The second-order valence-corrected chi connectivity index (χ2v) is 10.0. The smallest absolute Gasteiger partial charge is 0.282 e. The number of piperazine rings is 2. The highest BCUT2D eigenvalue weighted by atomic mass is 19.1. The zero-order chi connectivity index (χ0) is 25.4. The van der Waals surface area contributed by atoms with Gasteiger partial charge >= 0.3 is 0 Å². The Morgan fingerprint density at radius 1 is 1.12 bits per heavy atom. The average Bonchev–Trinajstić information content (AvgIpc) is 2.81. The topological polar surface area (TPSA) is 59.6 Å². The van der Waals surface area contributed by atoms with E-state index in [1.54, 1.807) is 9.80 Å². The maximum atomic E-state index is 14.6. The first-order valence-corrected chi connectivity index (χ1v) is 12.4. The van der Waals surface area contributed by atoms with Crippen LogP contribution in [0.25, 0.3) is 0 Å². The molecular formula is C25H44FN5O3. The fraction of sp³-hybridized carbons (Fsp3) is 0.760. The lowest BCUT2D eigenvalue weighted by molar-refractivity contribution is -0.134. The lowest BCUT2D eigenvalue weighted by Gasteiger charge is -2.42. The average molecular weight is 482 g/mol. The number of hydrogen-bond donors (Lipinski definition) is 0. The normalized spacial score (nSPS) is 23.3. The fourth-order valence-electron chi connectivity index (χ4n) is 4.69. The van der Waals surface area contributed by atoms with Crippen molar-refractivity contribution in [2.24, 2.45) is 0 Å². The van der Waals surface area contributed by atoms with Crippen LogP contribution in [0.2, 0.25) is 0 Å². The molecule has 34 heavy (non-hydrogen) atoms. The van der Waals surface area contributed by atoms with Crippen LogP contribution in [0, 0.1) is 0 Å². The maximum Gasteiger partial charge on any atom is 0.282 e. The van der Waals surface area contributed by atoms with Crippen LogP contribution >= 0.6 is 0 Å². The van der Waals surface area contributed by atoms with E-state index in [1.807, 2.05) is 11.9 Å². The highest BCUT2D eigenvalue weighted by Crippen LogP contribution is 2.16. The summed E-state index contributed by atoms with van der Waals surface area (Å²) in [7, 11) is 1.81. The summed E-state index contributed by atoms with van der Waals surface area (Å²) in [4.78, 5) is 34.6. The van der Waals surface area contributed by atoms with Crippen molar-refractivity contribution in [2.75, 3.05) is 66.2 Å². The molecule has 2 unspecified atom stereocenters. The van der Waals surface area contributed by atoms with E-state index in [-0.39, 0.29) is 31.3 Å². The molecule has 2 rings (SSSR count). The molecule has 0 spiro atoms. The molecule has 0 aromatic carbocycles. The molecule has 0 radical (unpaired) electrons. The molecule has 9 heteroatoms. The highest BCUT2D eigenvalue weighted by molar-refractivity contribution is 5.91. The zero-order valence-corrected chi connectivity index (χ0v) is 21.9. The number of hydrogen-bond acceptors (Lipinski definition) is 6. The van der Waals surface area contributed by atoms with E-state index in [9.17, 15) is 14.0 Å². The summed E-state index contributed by atoms with van der Waals surface area (Å²) < 4.78 is 20.4.